The number of hydrogen-bond acceptors (Lipinski definition) is 3. The summed E-state index contributed by atoms with van der Waals surface area (Å²) in [5.41, 5.74) is 0.447. The maximum absolute atomic E-state index is 4.45. The molecular weight excluding hydrogens is 260 g/mol. The maximum Gasteiger partial charge on any atom is 0.122 e. The Kier molecular flexibility index (Phi) is 5.82. The third-order valence-electron chi connectivity index (χ3n) is 4.74. The number of rotatable bonds is 7. The lowest BCUT2D eigenvalue weighted by molar-refractivity contribution is 0.109. The summed E-state index contributed by atoms with van der Waals surface area (Å²) in [7, 11) is 4.31. The van der Waals surface area contributed by atoms with Gasteiger partial charge in [0.1, 0.15) is 5.82 Å². The lowest BCUT2D eigenvalue weighted by Gasteiger charge is -2.41. The maximum atomic E-state index is 4.45. The van der Waals surface area contributed by atoms with Crippen LogP contribution in [0.1, 0.15) is 51.8 Å². The molecule has 2 rings (SSSR count). The van der Waals surface area contributed by atoms with Gasteiger partial charge in [0.15, 0.2) is 0 Å². The Morgan fingerprint density at radius 3 is 2.62 bits per heavy atom. The Hall–Kier alpha value is -0.870. The Morgan fingerprint density at radius 2 is 2.05 bits per heavy atom. The van der Waals surface area contributed by atoms with E-state index in [1.54, 1.807) is 0 Å². The standard InChI is InChI=1S/C17H32N4/c1-15(2)19-13-17(8-6-5-7-9-17)14-20(3)12-16-18-10-11-21(16)4/h10-11,15,19H,5-9,12-14H2,1-4H3. The fraction of sp³-hybridized carbons (Fsp3) is 0.824. The molecule has 21 heavy (non-hydrogen) atoms. The number of aromatic nitrogens is 2. The SMILES string of the molecule is CC(C)NCC1(CN(C)Cc2nccn2C)CCCCC1. The minimum absolute atomic E-state index is 0.447. The molecule has 1 aromatic rings. The van der Waals surface area contributed by atoms with Crippen LogP contribution in [0.3, 0.4) is 0 Å². The van der Waals surface area contributed by atoms with Crippen LogP contribution < -0.4 is 5.32 Å². The molecule has 1 fully saturated rings. The second-order valence-corrected chi connectivity index (χ2v) is 7.22. The summed E-state index contributed by atoms with van der Waals surface area (Å²) in [5.74, 6) is 1.15. The number of aryl methyl sites for hydroxylation is 1. The highest BCUT2D eigenvalue weighted by Gasteiger charge is 2.33. The van der Waals surface area contributed by atoms with Gasteiger partial charge in [-0.25, -0.2) is 4.98 Å². The summed E-state index contributed by atoms with van der Waals surface area (Å²) in [6, 6.07) is 0.573. The zero-order valence-corrected chi connectivity index (χ0v) is 14.2. The van der Waals surface area contributed by atoms with Gasteiger partial charge in [-0.3, -0.25) is 4.90 Å². The zero-order valence-electron chi connectivity index (χ0n) is 14.2. The molecule has 1 saturated carbocycles. The van der Waals surface area contributed by atoms with E-state index in [1.807, 2.05) is 12.4 Å². The number of hydrogen-bond donors (Lipinski definition) is 1. The molecule has 0 amide bonds. The van der Waals surface area contributed by atoms with Gasteiger partial charge in [0.25, 0.3) is 0 Å². The quantitative estimate of drug-likeness (QED) is 0.839. The van der Waals surface area contributed by atoms with Crippen LogP contribution in [0.2, 0.25) is 0 Å². The summed E-state index contributed by atoms with van der Waals surface area (Å²) in [4.78, 5) is 6.91. The summed E-state index contributed by atoms with van der Waals surface area (Å²) in [6.07, 6.45) is 10.8. The molecule has 1 aliphatic rings. The van der Waals surface area contributed by atoms with Crippen LogP contribution in [-0.4, -0.2) is 40.6 Å². The van der Waals surface area contributed by atoms with Gasteiger partial charge in [0.05, 0.1) is 6.54 Å². The highest BCUT2D eigenvalue weighted by molar-refractivity contribution is 4.93. The van der Waals surface area contributed by atoms with Crippen molar-refractivity contribution in [3.05, 3.63) is 18.2 Å². The van der Waals surface area contributed by atoms with Crippen molar-refractivity contribution in [1.82, 2.24) is 19.8 Å². The Balaban J connectivity index is 1.95. The lowest BCUT2D eigenvalue weighted by Crippen LogP contribution is -2.45. The fourth-order valence-corrected chi connectivity index (χ4v) is 3.53. The molecule has 0 spiro atoms. The van der Waals surface area contributed by atoms with E-state index in [0.717, 1.165) is 18.9 Å². The van der Waals surface area contributed by atoms with Crippen LogP contribution in [0.4, 0.5) is 0 Å². The van der Waals surface area contributed by atoms with Gasteiger partial charge in [-0.2, -0.15) is 0 Å². The minimum Gasteiger partial charge on any atom is -0.337 e. The van der Waals surface area contributed by atoms with Gasteiger partial charge >= 0.3 is 0 Å². The molecule has 0 saturated heterocycles. The van der Waals surface area contributed by atoms with Crippen molar-refractivity contribution in [3.8, 4) is 0 Å². The topological polar surface area (TPSA) is 33.1 Å². The monoisotopic (exact) mass is 292 g/mol. The van der Waals surface area contributed by atoms with Gasteiger partial charge in [0, 0.05) is 38.6 Å². The van der Waals surface area contributed by atoms with Crippen molar-refractivity contribution in [2.75, 3.05) is 20.1 Å². The predicted octanol–water partition coefficient (Wildman–Crippen LogP) is 2.80. The largest absolute Gasteiger partial charge is 0.337 e. The normalized spacial score (nSPS) is 18.6. The predicted molar refractivity (Wildman–Crippen MR) is 88.2 cm³/mol. The van der Waals surface area contributed by atoms with Crippen molar-refractivity contribution < 1.29 is 0 Å². The Bertz CT molecular complexity index is 418. The number of imidazole rings is 1. The molecule has 0 unspecified atom stereocenters. The Labute approximate surface area is 129 Å². The first-order valence-corrected chi connectivity index (χ1v) is 8.39. The molecule has 0 atom stereocenters. The van der Waals surface area contributed by atoms with E-state index in [0.29, 0.717) is 11.5 Å². The van der Waals surface area contributed by atoms with Crippen LogP contribution in [0.5, 0.6) is 0 Å². The first-order valence-electron chi connectivity index (χ1n) is 8.39. The van der Waals surface area contributed by atoms with Crippen LogP contribution in [0.25, 0.3) is 0 Å². The molecule has 0 bridgehead atoms. The first-order chi connectivity index (χ1) is 10.0. The van der Waals surface area contributed by atoms with E-state index in [9.17, 15) is 0 Å². The number of nitrogens with zero attached hydrogens (tertiary/aromatic N) is 3. The van der Waals surface area contributed by atoms with Crippen molar-refractivity contribution >= 4 is 0 Å². The van der Waals surface area contributed by atoms with Gasteiger partial charge < -0.3 is 9.88 Å². The summed E-state index contributed by atoms with van der Waals surface area (Å²) >= 11 is 0. The second-order valence-electron chi connectivity index (χ2n) is 7.22. The van der Waals surface area contributed by atoms with Gasteiger partial charge in [0.2, 0.25) is 0 Å². The number of nitrogens with one attached hydrogen (secondary N) is 1. The lowest BCUT2D eigenvalue weighted by atomic mass is 9.73. The smallest absolute Gasteiger partial charge is 0.122 e. The van der Waals surface area contributed by atoms with Crippen LogP contribution in [0, 0.1) is 5.41 Å². The highest BCUT2D eigenvalue weighted by Crippen LogP contribution is 2.36. The fourth-order valence-electron chi connectivity index (χ4n) is 3.53. The molecule has 1 N–H and O–H groups in total. The van der Waals surface area contributed by atoms with Crippen LogP contribution in [0.15, 0.2) is 12.4 Å². The van der Waals surface area contributed by atoms with E-state index in [2.05, 4.69) is 47.7 Å². The van der Waals surface area contributed by atoms with Crippen molar-refractivity contribution in [2.45, 2.75) is 58.5 Å². The molecule has 0 radical (unpaired) electrons. The summed E-state index contributed by atoms with van der Waals surface area (Å²) in [6.45, 7) is 7.74. The molecule has 1 aromatic heterocycles. The van der Waals surface area contributed by atoms with Crippen molar-refractivity contribution in [1.29, 1.82) is 0 Å². The third-order valence-corrected chi connectivity index (χ3v) is 4.74. The molecular formula is C17H32N4. The van der Waals surface area contributed by atoms with E-state index in [1.165, 1.54) is 38.6 Å². The molecule has 1 aliphatic carbocycles. The second kappa shape index (κ2) is 7.41. The molecule has 0 aromatic carbocycles. The van der Waals surface area contributed by atoms with Crippen molar-refractivity contribution in [2.24, 2.45) is 12.5 Å². The molecule has 1 heterocycles. The van der Waals surface area contributed by atoms with E-state index in [4.69, 9.17) is 0 Å². The summed E-state index contributed by atoms with van der Waals surface area (Å²) < 4.78 is 2.12. The first kappa shape index (κ1) is 16.5. The highest BCUT2D eigenvalue weighted by atomic mass is 15.2. The summed E-state index contributed by atoms with van der Waals surface area (Å²) in [5, 5.41) is 3.68. The average molecular weight is 292 g/mol. The van der Waals surface area contributed by atoms with Crippen molar-refractivity contribution in [3.63, 3.8) is 0 Å². The van der Waals surface area contributed by atoms with Gasteiger partial charge in [-0.05, 0) is 25.3 Å². The van der Waals surface area contributed by atoms with E-state index < -0.39 is 0 Å². The molecule has 0 aliphatic heterocycles. The van der Waals surface area contributed by atoms with E-state index in [-0.39, 0.29) is 0 Å². The molecule has 4 heteroatoms. The van der Waals surface area contributed by atoms with E-state index >= 15 is 0 Å². The van der Waals surface area contributed by atoms with Crippen LogP contribution >= 0.6 is 0 Å². The molecule has 120 valence electrons. The average Bonchev–Trinajstić information content (AvgIpc) is 2.83. The van der Waals surface area contributed by atoms with Crippen LogP contribution in [-0.2, 0) is 13.6 Å². The zero-order chi connectivity index (χ0) is 15.3. The third kappa shape index (κ3) is 4.82. The minimum atomic E-state index is 0.447. The Morgan fingerprint density at radius 1 is 1.33 bits per heavy atom. The van der Waals surface area contributed by atoms with Gasteiger partial charge in [-0.1, -0.05) is 33.1 Å². The van der Waals surface area contributed by atoms with Gasteiger partial charge in [-0.15, -0.1) is 0 Å². The molecule has 4 nitrogen and oxygen atoms in total.